The minimum absolute atomic E-state index is 0.00706. The van der Waals surface area contributed by atoms with E-state index in [1.165, 1.54) is 11.3 Å². The number of fused-ring (bicyclic) bond motifs is 1. The van der Waals surface area contributed by atoms with Crippen LogP contribution in [-0.2, 0) is 4.79 Å². The van der Waals surface area contributed by atoms with E-state index in [2.05, 4.69) is 4.98 Å². The maximum absolute atomic E-state index is 12.7. The number of ketones is 1. The van der Waals surface area contributed by atoms with Crippen LogP contribution in [0.15, 0.2) is 35.8 Å². The van der Waals surface area contributed by atoms with Crippen molar-refractivity contribution in [3.05, 3.63) is 52.0 Å². The molecule has 3 amide bonds. The maximum Gasteiger partial charge on any atom is 0.261 e. The van der Waals surface area contributed by atoms with E-state index in [-0.39, 0.29) is 36.5 Å². The molecule has 3 heterocycles. The molecule has 0 spiro atoms. The summed E-state index contributed by atoms with van der Waals surface area (Å²) in [7, 11) is 0. The van der Waals surface area contributed by atoms with Gasteiger partial charge in [0.25, 0.3) is 11.8 Å². The Balaban J connectivity index is 1.42. The molecule has 2 aromatic rings. The number of nitrogens with zero attached hydrogens (tertiary/aromatic N) is 3. The van der Waals surface area contributed by atoms with E-state index in [9.17, 15) is 19.2 Å². The Morgan fingerprint density at radius 3 is 2.48 bits per heavy atom. The SMILES string of the molecule is O=C(c1nccs1)C1CCCN1C(=O)CCN1C(=O)c2ccccc2C1=O. The Morgan fingerprint density at radius 1 is 1.15 bits per heavy atom. The number of benzene rings is 1. The minimum Gasteiger partial charge on any atom is -0.332 e. The molecule has 0 aliphatic carbocycles. The molecule has 7 nitrogen and oxygen atoms in total. The molecular formula is C19H17N3O4S. The molecule has 4 rings (SSSR count). The van der Waals surface area contributed by atoms with Crippen molar-refractivity contribution < 1.29 is 19.2 Å². The van der Waals surface area contributed by atoms with Crippen molar-refractivity contribution in [2.24, 2.45) is 0 Å². The summed E-state index contributed by atoms with van der Waals surface area (Å²) >= 11 is 1.26. The van der Waals surface area contributed by atoms with E-state index in [0.717, 1.165) is 11.3 Å². The predicted molar refractivity (Wildman–Crippen MR) is 97.6 cm³/mol. The molecule has 138 valence electrons. The number of amides is 3. The molecule has 1 saturated heterocycles. The van der Waals surface area contributed by atoms with E-state index in [0.29, 0.717) is 29.1 Å². The largest absolute Gasteiger partial charge is 0.332 e. The zero-order valence-corrected chi connectivity index (χ0v) is 15.3. The van der Waals surface area contributed by atoms with Crippen molar-refractivity contribution in [1.29, 1.82) is 0 Å². The number of imide groups is 1. The van der Waals surface area contributed by atoms with Gasteiger partial charge in [-0.15, -0.1) is 11.3 Å². The molecular weight excluding hydrogens is 366 g/mol. The number of aromatic nitrogens is 1. The van der Waals surface area contributed by atoms with Crippen LogP contribution in [-0.4, -0.2) is 57.4 Å². The first-order valence-electron chi connectivity index (χ1n) is 8.76. The second kappa shape index (κ2) is 7.03. The lowest BCUT2D eigenvalue weighted by molar-refractivity contribution is -0.131. The maximum atomic E-state index is 12.7. The molecule has 0 N–H and O–H groups in total. The number of hydrogen-bond donors (Lipinski definition) is 0. The molecule has 27 heavy (non-hydrogen) atoms. The highest BCUT2D eigenvalue weighted by Crippen LogP contribution is 2.25. The van der Waals surface area contributed by atoms with Gasteiger partial charge in [-0.05, 0) is 25.0 Å². The van der Waals surface area contributed by atoms with Gasteiger partial charge in [-0.3, -0.25) is 24.1 Å². The zero-order valence-electron chi connectivity index (χ0n) is 14.5. The Labute approximate surface area is 159 Å². The summed E-state index contributed by atoms with van der Waals surface area (Å²) in [6.07, 6.45) is 2.94. The summed E-state index contributed by atoms with van der Waals surface area (Å²) in [4.78, 5) is 56.7. The summed E-state index contributed by atoms with van der Waals surface area (Å²) in [5.74, 6) is -1.11. The number of carbonyl (C=O) groups excluding carboxylic acids is 4. The quantitative estimate of drug-likeness (QED) is 0.582. The van der Waals surface area contributed by atoms with E-state index in [4.69, 9.17) is 0 Å². The van der Waals surface area contributed by atoms with Gasteiger partial charge in [0.15, 0.2) is 5.01 Å². The van der Waals surface area contributed by atoms with Gasteiger partial charge in [0.1, 0.15) is 0 Å². The zero-order chi connectivity index (χ0) is 19.0. The minimum atomic E-state index is -0.508. The average Bonchev–Trinajstić information content (AvgIpc) is 3.42. The summed E-state index contributed by atoms with van der Waals surface area (Å²) in [5.41, 5.74) is 0.737. The van der Waals surface area contributed by atoms with Crippen LogP contribution in [0.25, 0.3) is 0 Å². The van der Waals surface area contributed by atoms with Crippen molar-refractivity contribution in [2.75, 3.05) is 13.1 Å². The van der Waals surface area contributed by atoms with E-state index in [1.807, 2.05) is 0 Å². The third kappa shape index (κ3) is 3.06. The van der Waals surface area contributed by atoms with Gasteiger partial charge < -0.3 is 4.90 Å². The summed E-state index contributed by atoms with van der Waals surface area (Å²) in [6.45, 7) is 0.516. The van der Waals surface area contributed by atoms with Crippen LogP contribution in [0.3, 0.4) is 0 Å². The Kier molecular flexibility index (Phi) is 4.57. The van der Waals surface area contributed by atoms with Crippen LogP contribution < -0.4 is 0 Å². The first-order chi connectivity index (χ1) is 13.1. The smallest absolute Gasteiger partial charge is 0.261 e. The van der Waals surface area contributed by atoms with Gasteiger partial charge >= 0.3 is 0 Å². The fraction of sp³-hybridized carbons (Fsp3) is 0.316. The normalized spacial score (nSPS) is 18.9. The Morgan fingerprint density at radius 2 is 1.85 bits per heavy atom. The summed E-state index contributed by atoms with van der Waals surface area (Å²) < 4.78 is 0. The first-order valence-corrected chi connectivity index (χ1v) is 9.64. The molecule has 1 fully saturated rings. The van der Waals surface area contributed by atoms with E-state index in [1.54, 1.807) is 40.7 Å². The van der Waals surface area contributed by atoms with Gasteiger partial charge in [-0.2, -0.15) is 0 Å². The number of rotatable bonds is 5. The number of likely N-dealkylation sites (tertiary alicyclic amines) is 1. The van der Waals surface area contributed by atoms with Crippen LogP contribution in [0.5, 0.6) is 0 Å². The van der Waals surface area contributed by atoms with Crippen molar-refractivity contribution in [1.82, 2.24) is 14.8 Å². The molecule has 8 heteroatoms. The third-order valence-electron chi connectivity index (χ3n) is 4.95. The van der Waals surface area contributed by atoms with Crippen molar-refractivity contribution >= 4 is 34.8 Å². The number of thiazole rings is 1. The highest BCUT2D eigenvalue weighted by molar-refractivity contribution is 7.11. The van der Waals surface area contributed by atoms with Gasteiger partial charge in [-0.1, -0.05) is 12.1 Å². The molecule has 0 radical (unpaired) electrons. The number of carbonyl (C=O) groups is 4. The molecule has 2 aliphatic rings. The second-order valence-electron chi connectivity index (χ2n) is 6.50. The van der Waals surface area contributed by atoms with Gasteiger partial charge in [0, 0.05) is 31.1 Å². The summed E-state index contributed by atoms with van der Waals surface area (Å²) in [6, 6.07) is 6.13. The van der Waals surface area contributed by atoms with Crippen molar-refractivity contribution in [3.63, 3.8) is 0 Å². The van der Waals surface area contributed by atoms with Crippen LogP contribution in [0.1, 0.15) is 49.8 Å². The summed E-state index contributed by atoms with van der Waals surface area (Å²) in [5, 5.41) is 2.14. The highest BCUT2D eigenvalue weighted by Gasteiger charge is 2.38. The molecule has 0 saturated carbocycles. The Bertz CT molecular complexity index is 890. The highest BCUT2D eigenvalue weighted by atomic mass is 32.1. The monoisotopic (exact) mass is 383 g/mol. The third-order valence-corrected chi connectivity index (χ3v) is 5.73. The van der Waals surface area contributed by atoms with Crippen LogP contribution in [0, 0.1) is 0 Å². The number of Topliss-reactive ketones (excluding diaryl/α,β-unsaturated/α-hetero) is 1. The fourth-order valence-corrected chi connectivity index (χ4v) is 4.24. The molecule has 1 aromatic heterocycles. The lowest BCUT2D eigenvalue weighted by atomic mass is 10.1. The number of hydrogen-bond acceptors (Lipinski definition) is 6. The van der Waals surface area contributed by atoms with Crippen LogP contribution >= 0.6 is 11.3 Å². The van der Waals surface area contributed by atoms with Gasteiger partial charge in [0.2, 0.25) is 11.7 Å². The second-order valence-corrected chi connectivity index (χ2v) is 7.40. The molecule has 0 bridgehead atoms. The molecule has 2 aliphatic heterocycles. The van der Waals surface area contributed by atoms with Gasteiger partial charge in [0.05, 0.1) is 17.2 Å². The van der Waals surface area contributed by atoms with Gasteiger partial charge in [-0.25, -0.2) is 4.98 Å². The predicted octanol–water partition coefficient (Wildman–Crippen LogP) is 2.00. The first kappa shape index (κ1) is 17.5. The Hall–Kier alpha value is -2.87. The fourth-order valence-electron chi connectivity index (χ4n) is 3.62. The van der Waals surface area contributed by atoms with Crippen molar-refractivity contribution in [2.45, 2.75) is 25.3 Å². The molecule has 1 unspecified atom stereocenters. The lowest BCUT2D eigenvalue weighted by Gasteiger charge is -2.24. The van der Waals surface area contributed by atoms with E-state index >= 15 is 0 Å². The topological polar surface area (TPSA) is 87.7 Å². The lowest BCUT2D eigenvalue weighted by Crippen LogP contribution is -2.42. The average molecular weight is 383 g/mol. The van der Waals surface area contributed by atoms with Crippen LogP contribution in [0.4, 0.5) is 0 Å². The van der Waals surface area contributed by atoms with Crippen LogP contribution in [0.2, 0.25) is 0 Å². The molecule has 1 aromatic carbocycles. The molecule has 1 atom stereocenters. The van der Waals surface area contributed by atoms with E-state index < -0.39 is 6.04 Å². The standard InChI is InChI=1S/C19H17N3O4S/c23-15(21-9-3-6-14(21)16(24)17-20-8-11-27-17)7-10-22-18(25)12-4-1-2-5-13(12)19(22)26/h1-2,4-5,8,11,14H,3,6-7,9-10H2. The van der Waals surface area contributed by atoms with Crippen molar-refractivity contribution in [3.8, 4) is 0 Å².